The topological polar surface area (TPSA) is 58.4 Å². The Labute approximate surface area is 127 Å². The summed E-state index contributed by atoms with van der Waals surface area (Å²) in [5, 5.41) is 3.04. The minimum absolute atomic E-state index is 0.0130. The zero-order valence-corrected chi connectivity index (χ0v) is 12.4. The molecule has 0 radical (unpaired) electrons. The molecular formula is C15H15ClFN3O. The van der Waals surface area contributed by atoms with Gasteiger partial charge >= 0.3 is 0 Å². The van der Waals surface area contributed by atoms with Crippen LogP contribution in [0.5, 0.6) is 0 Å². The lowest BCUT2D eigenvalue weighted by Crippen LogP contribution is -2.21. The molecule has 2 aromatic carbocycles. The van der Waals surface area contributed by atoms with E-state index in [0.717, 1.165) is 0 Å². The molecule has 6 heteroatoms. The molecule has 3 N–H and O–H groups in total. The van der Waals surface area contributed by atoms with Crippen LogP contribution in [0.1, 0.15) is 10.4 Å². The monoisotopic (exact) mass is 307 g/mol. The van der Waals surface area contributed by atoms with Crippen molar-refractivity contribution in [1.29, 1.82) is 0 Å². The normalized spacial score (nSPS) is 10.3. The number of benzene rings is 2. The predicted octanol–water partition coefficient (Wildman–Crippen LogP) is 3.51. The van der Waals surface area contributed by atoms with Crippen LogP contribution in [0.15, 0.2) is 36.4 Å². The number of carbonyl (C=O) groups excluding carboxylic acids is 1. The van der Waals surface area contributed by atoms with E-state index in [1.165, 1.54) is 17.0 Å². The molecule has 0 heterocycles. The van der Waals surface area contributed by atoms with Gasteiger partial charge in [0.15, 0.2) is 0 Å². The molecule has 0 atom stereocenters. The summed E-state index contributed by atoms with van der Waals surface area (Å²) in [6, 6.07) is 9.20. The lowest BCUT2D eigenvalue weighted by Gasteiger charge is -2.14. The van der Waals surface area contributed by atoms with E-state index in [-0.39, 0.29) is 10.9 Å². The van der Waals surface area contributed by atoms with Gasteiger partial charge in [-0.25, -0.2) is 4.39 Å². The Balaban J connectivity index is 2.32. The third kappa shape index (κ3) is 3.44. The van der Waals surface area contributed by atoms with Gasteiger partial charge in [0.05, 0.1) is 16.4 Å². The SMILES string of the molecule is CN(C)C(=O)c1ccc(N)c(Nc2ccc(F)c(Cl)c2)c1. The van der Waals surface area contributed by atoms with E-state index in [1.54, 1.807) is 38.4 Å². The summed E-state index contributed by atoms with van der Waals surface area (Å²) in [5.41, 5.74) is 8.02. The first-order valence-corrected chi connectivity index (χ1v) is 6.59. The average molecular weight is 308 g/mol. The molecule has 0 aliphatic rings. The molecule has 1 amide bonds. The summed E-state index contributed by atoms with van der Waals surface area (Å²) in [5.74, 6) is -0.623. The highest BCUT2D eigenvalue weighted by atomic mass is 35.5. The maximum absolute atomic E-state index is 13.1. The van der Waals surface area contributed by atoms with Crippen LogP contribution in [0.25, 0.3) is 0 Å². The molecule has 2 rings (SSSR count). The van der Waals surface area contributed by atoms with Crippen LogP contribution >= 0.6 is 11.6 Å². The molecule has 0 saturated carbocycles. The Hall–Kier alpha value is -2.27. The highest BCUT2D eigenvalue weighted by molar-refractivity contribution is 6.31. The first-order chi connectivity index (χ1) is 9.88. The molecule has 0 bridgehead atoms. The van der Waals surface area contributed by atoms with Crippen molar-refractivity contribution >= 4 is 34.6 Å². The van der Waals surface area contributed by atoms with Gasteiger partial charge in [-0.15, -0.1) is 0 Å². The molecule has 0 saturated heterocycles. The molecule has 21 heavy (non-hydrogen) atoms. The van der Waals surface area contributed by atoms with Crippen molar-refractivity contribution in [3.8, 4) is 0 Å². The average Bonchev–Trinajstić information content (AvgIpc) is 2.44. The van der Waals surface area contributed by atoms with E-state index in [4.69, 9.17) is 17.3 Å². The second kappa shape index (κ2) is 6.01. The molecular weight excluding hydrogens is 293 g/mol. The second-order valence-electron chi connectivity index (χ2n) is 4.76. The quantitative estimate of drug-likeness (QED) is 0.853. The third-order valence-corrected chi connectivity index (χ3v) is 3.19. The summed E-state index contributed by atoms with van der Waals surface area (Å²) in [7, 11) is 3.34. The van der Waals surface area contributed by atoms with Gasteiger partial charge in [0, 0.05) is 25.3 Å². The number of halogens is 2. The summed E-state index contributed by atoms with van der Waals surface area (Å²) in [6.07, 6.45) is 0. The molecule has 0 aromatic heterocycles. The van der Waals surface area contributed by atoms with Gasteiger partial charge in [-0.2, -0.15) is 0 Å². The van der Waals surface area contributed by atoms with E-state index < -0.39 is 5.82 Å². The molecule has 0 fully saturated rings. The van der Waals surface area contributed by atoms with Crippen molar-refractivity contribution in [2.75, 3.05) is 25.1 Å². The van der Waals surface area contributed by atoms with Gasteiger partial charge < -0.3 is 16.0 Å². The maximum atomic E-state index is 13.1. The second-order valence-corrected chi connectivity index (χ2v) is 5.16. The van der Waals surface area contributed by atoms with Gasteiger partial charge in [0.1, 0.15) is 5.82 Å². The third-order valence-electron chi connectivity index (χ3n) is 2.91. The Bertz CT molecular complexity index is 689. The Morgan fingerprint density at radius 2 is 1.95 bits per heavy atom. The molecule has 110 valence electrons. The van der Waals surface area contributed by atoms with Gasteiger partial charge in [0.25, 0.3) is 5.91 Å². The highest BCUT2D eigenvalue weighted by Gasteiger charge is 2.11. The van der Waals surface area contributed by atoms with Gasteiger partial charge in [0.2, 0.25) is 0 Å². The summed E-state index contributed by atoms with van der Waals surface area (Å²) >= 11 is 5.74. The van der Waals surface area contributed by atoms with Crippen molar-refractivity contribution in [3.63, 3.8) is 0 Å². The van der Waals surface area contributed by atoms with Crippen LogP contribution in [0.4, 0.5) is 21.5 Å². The Morgan fingerprint density at radius 1 is 1.24 bits per heavy atom. The fourth-order valence-electron chi connectivity index (χ4n) is 1.79. The van der Waals surface area contributed by atoms with Crippen molar-refractivity contribution in [1.82, 2.24) is 4.90 Å². The molecule has 4 nitrogen and oxygen atoms in total. The number of amides is 1. The minimum atomic E-state index is -0.494. The number of nitrogens with zero attached hydrogens (tertiary/aromatic N) is 1. The first-order valence-electron chi connectivity index (χ1n) is 6.21. The van der Waals surface area contributed by atoms with Crippen LogP contribution in [-0.2, 0) is 0 Å². The minimum Gasteiger partial charge on any atom is -0.397 e. The van der Waals surface area contributed by atoms with E-state index in [0.29, 0.717) is 22.6 Å². The smallest absolute Gasteiger partial charge is 0.253 e. The standard InChI is InChI=1S/C15H15ClFN3O/c1-20(2)15(21)9-3-6-13(18)14(7-9)19-10-4-5-12(17)11(16)8-10/h3-8,19H,18H2,1-2H3. The van der Waals surface area contributed by atoms with Crippen molar-refractivity contribution < 1.29 is 9.18 Å². The first kappa shape index (κ1) is 15.1. The molecule has 0 spiro atoms. The van der Waals surface area contributed by atoms with E-state index in [2.05, 4.69) is 5.32 Å². The summed E-state index contributed by atoms with van der Waals surface area (Å²) < 4.78 is 13.1. The molecule has 0 aliphatic carbocycles. The number of hydrogen-bond donors (Lipinski definition) is 2. The van der Waals surface area contributed by atoms with Crippen molar-refractivity contribution in [2.24, 2.45) is 0 Å². The van der Waals surface area contributed by atoms with Gasteiger partial charge in [-0.05, 0) is 36.4 Å². The summed E-state index contributed by atoms with van der Waals surface area (Å²) in [6.45, 7) is 0. The predicted molar refractivity (Wildman–Crippen MR) is 83.6 cm³/mol. The highest BCUT2D eigenvalue weighted by Crippen LogP contribution is 2.27. The van der Waals surface area contributed by atoms with Gasteiger partial charge in [-0.1, -0.05) is 11.6 Å². The number of carbonyl (C=O) groups is 1. The lowest BCUT2D eigenvalue weighted by atomic mass is 10.1. The molecule has 2 aromatic rings. The maximum Gasteiger partial charge on any atom is 0.253 e. The Morgan fingerprint density at radius 3 is 2.57 bits per heavy atom. The van der Waals surface area contributed by atoms with Crippen LogP contribution in [0.2, 0.25) is 5.02 Å². The van der Waals surface area contributed by atoms with Crippen molar-refractivity contribution in [2.45, 2.75) is 0 Å². The number of hydrogen-bond acceptors (Lipinski definition) is 3. The van der Waals surface area contributed by atoms with Crippen LogP contribution < -0.4 is 11.1 Å². The zero-order chi connectivity index (χ0) is 15.6. The largest absolute Gasteiger partial charge is 0.397 e. The fourth-order valence-corrected chi connectivity index (χ4v) is 1.97. The van der Waals surface area contributed by atoms with E-state index in [1.807, 2.05) is 0 Å². The molecule has 0 unspecified atom stereocenters. The number of rotatable bonds is 3. The van der Waals surface area contributed by atoms with Gasteiger partial charge in [-0.3, -0.25) is 4.79 Å². The summed E-state index contributed by atoms with van der Waals surface area (Å²) in [4.78, 5) is 13.4. The van der Waals surface area contributed by atoms with Crippen LogP contribution in [0, 0.1) is 5.82 Å². The van der Waals surface area contributed by atoms with E-state index >= 15 is 0 Å². The van der Waals surface area contributed by atoms with Crippen molar-refractivity contribution in [3.05, 3.63) is 52.8 Å². The number of nitrogens with one attached hydrogen (secondary N) is 1. The number of nitrogen functional groups attached to an aromatic ring is 1. The van der Waals surface area contributed by atoms with Crippen LogP contribution in [-0.4, -0.2) is 24.9 Å². The number of nitrogens with two attached hydrogens (primary N) is 1. The van der Waals surface area contributed by atoms with E-state index in [9.17, 15) is 9.18 Å². The van der Waals surface area contributed by atoms with Crippen LogP contribution in [0.3, 0.4) is 0 Å². The number of anilines is 3. The lowest BCUT2D eigenvalue weighted by molar-refractivity contribution is 0.0827. The zero-order valence-electron chi connectivity index (χ0n) is 11.7. The fraction of sp³-hybridized carbons (Fsp3) is 0.133. The Kier molecular flexibility index (Phi) is 4.33. The molecule has 0 aliphatic heterocycles.